The zero-order chi connectivity index (χ0) is 14.4. The highest BCUT2D eigenvalue weighted by Crippen LogP contribution is 2.36. The summed E-state index contributed by atoms with van der Waals surface area (Å²) in [5.41, 5.74) is 0.817. The number of carbonyl (C=O) groups excluding carboxylic acids is 1. The van der Waals surface area contributed by atoms with Gasteiger partial charge in [0.05, 0.1) is 0 Å². The van der Waals surface area contributed by atoms with Gasteiger partial charge in [0.25, 0.3) is 0 Å². The van der Waals surface area contributed by atoms with E-state index in [1.54, 1.807) is 7.11 Å². The molecule has 0 radical (unpaired) electrons. The third kappa shape index (κ3) is 3.69. The van der Waals surface area contributed by atoms with Gasteiger partial charge in [0, 0.05) is 13.5 Å². The number of aryl methyl sites for hydroxylation is 1. The van der Waals surface area contributed by atoms with Gasteiger partial charge in [0.2, 0.25) is 0 Å². The Balaban J connectivity index is 1.86. The quantitative estimate of drug-likeness (QED) is 0.778. The largest absolute Gasteiger partial charge is 0.370 e. The van der Waals surface area contributed by atoms with Crippen molar-refractivity contribution in [2.75, 3.05) is 7.11 Å². The molecule has 0 heterocycles. The summed E-state index contributed by atoms with van der Waals surface area (Å²) < 4.78 is 5.66. The topological polar surface area (TPSA) is 26.3 Å². The summed E-state index contributed by atoms with van der Waals surface area (Å²) in [5.74, 6) is 0.907. The van der Waals surface area contributed by atoms with Gasteiger partial charge < -0.3 is 4.74 Å². The fourth-order valence-corrected chi connectivity index (χ4v) is 3.38. The molecule has 0 aromatic heterocycles. The number of benzene rings is 1. The van der Waals surface area contributed by atoms with Gasteiger partial charge in [0.1, 0.15) is 5.60 Å². The maximum atomic E-state index is 12.6. The van der Waals surface area contributed by atoms with Crippen molar-refractivity contribution < 1.29 is 9.53 Å². The molecular formula is C18H26O2. The molecule has 0 spiro atoms. The molecule has 1 aromatic carbocycles. The summed E-state index contributed by atoms with van der Waals surface area (Å²) in [6, 6.07) is 10.4. The molecule has 0 amide bonds. The Morgan fingerprint density at radius 3 is 2.75 bits per heavy atom. The lowest BCUT2D eigenvalue weighted by atomic mass is 9.75. The highest BCUT2D eigenvalue weighted by atomic mass is 16.5. The van der Waals surface area contributed by atoms with E-state index in [-0.39, 0.29) is 0 Å². The lowest BCUT2D eigenvalue weighted by Gasteiger charge is -2.37. The van der Waals surface area contributed by atoms with Gasteiger partial charge in [-0.2, -0.15) is 0 Å². The van der Waals surface area contributed by atoms with E-state index in [1.807, 2.05) is 6.07 Å². The fraction of sp³-hybridized carbons (Fsp3) is 0.611. The second kappa shape index (κ2) is 7.03. The van der Waals surface area contributed by atoms with Crippen molar-refractivity contribution in [3.8, 4) is 0 Å². The summed E-state index contributed by atoms with van der Waals surface area (Å²) in [5, 5.41) is 0. The number of carbonyl (C=O) groups is 1. The third-order valence-electron chi connectivity index (χ3n) is 4.57. The minimum absolute atomic E-state index is 0.308. The molecule has 20 heavy (non-hydrogen) atoms. The SMILES string of the molecule is COC1(C(=O)CCCc2ccccc2)CCCC(C)C1. The van der Waals surface area contributed by atoms with E-state index in [1.165, 1.54) is 12.0 Å². The molecular weight excluding hydrogens is 248 g/mol. The molecule has 2 atom stereocenters. The van der Waals surface area contributed by atoms with Gasteiger partial charge >= 0.3 is 0 Å². The highest BCUT2D eigenvalue weighted by molar-refractivity contribution is 5.87. The van der Waals surface area contributed by atoms with Crippen LogP contribution in [0.4, 0.5) is 0 Å². The minimum atomic E-state index is -0.492. The van der Waals surface area contributed by atoms with Gasteiger partial charge in [-0.1, -0.05) is 43.7 Å². The van der Waals surface area contributed by atoms with Crippen LogP contribution in [-0.2, 0) is 16.0 Å². The van der Waals surface area contributed by atoms with Crippen molar-refractivity contribution >= 4 is 5.78 Å². The molecule has 1 aliphatic rings. The normalized spacial score (nSPS) is 26.4. The Morgan fingerprint density at radius 2 is 2.10 bits per heavy atom. The number of ketones is 1. The maximum absolute atomic E-state index is 12.6. The zero-order valence-electron chi connectivity index (χ0n) is 12.7. The van der Waals surface area contributed by atoms with Crippen LogP contribution < -0.4 is 0 Å². The molecule has 1 aromatic rings. The van der Waals surface area contributed by atoms with Crippen LogP contribution in [0, 0.1) is 5.92 Å². The van der Waals surface area contributed by atoms with E-state index in [0.29, 0.717) is 18.1 Å². The second-order valence-corrected chi connectivity index (χ2v) is 6.16. The molecule has 1 aliphatic carbocycles. The average Bonchev–Trinajstić information content (AvgIpc) is 2.48. The Kier molecular flexibility index (Phi) is 5.36. The van der Waals surface area contributed by atoms with Crippen LogP contribution in [0.5, 0.6) is 0 Å². The van der Waals surface area contributed by atoms with E-state index >= 15 is 0 Å². The third-order valence-corrected chi connectivity index (χ3v) is 4.57. The van der Waals surface area contributed by atoms with Crippen LogP contribution in [0.25, 0.3) is 0 Å². The van der Waals surface area contributed by atoms with Gasteiger partial charge in [-0.3, -0.25) is 4.79 Å². The van der Waals surface area contributed by atoms with Crippen LogP contribution in [0.2, 0.25) is 0 Å². The summed E-state index contributed by atoms with van der Waals surface area (Å²) in [7, 11) is 1.70. The summed E-state index contributed by atoms with van der Waals surface area (Å²) in [4.78, 5) is 12.6. The standard InChI is InChI=1S/C18H26O2/c1-15-8-7-13-18(14-15,20-2)17(19)12-6-11-16-9-4-3-5-10-16/h3-5,9-10,15H,6-8,11-14H2,1-2H3. The van der Waals surface area contributed by atoms with Crippen molar-refractivity contribution in [3.63, 3.8) is 0 Å². The van der Waals surface area contributed by atoms with E-state index in [9.17, 15) is 4.79 Å². The molecule has 0 saturated heterocycles. The molecule has 0 bridgehead atoms. The predicted molar refractivity (Wildman–Crippen MR) is 81.8 cm³/mol. The van der Waals surface area contributed by atoms with Crippen molar-refractivity contribution in [2.45, 2.75) is 57.5 Å². The van der Waals surface area contributed by atoms with E-state index in [2.05, 4.69) is 31.2 Å². The molecule has 0 N–H and O–H groups in total. The zero-order valence-corrected chi connectivity index (χ0v) is 12.7. The number of rotatable bonds is 6. The van der Waals surface area contributed by atoms with Crippen LogP contribution >= 0.6 is 0 Å². The fourth-order valence-electron chi connectivity index (χ4n) is 3.38. The molecule has 2 nitrogen and oxygen atoms in total. The van der Waals surface area contributed by atoms with Gasteiger partial charge in [-0.25, -0.2) is 0 Å². The lowest BCUT2D eigenvalue weighted by molar-refractivity contribution is -0.147. The van der Waals surface area contributed by atoms with Crippen molar-refractivity contribution in [3.05, 3.63) is 35.9 Å². The van der Waals surface area contributed by atoms with Crippen LogP contribution in [-0.4, -0.2) is 18.5 Å². The summed E-state index contributed by atoms with van der Waals surface area (Å²) >= 11 is 0. The smallest absolute Gasteiger partial charge is 0.164 e. The lowest BCUT2D eigenvalue weighted by Crippen LogP contribution is -2.44. The summed E-state index contributed by atoms with van der Waals surface area (Å²) in [6.07, 6.45) is 6.66. The first-order valence-corrected chi connectivity index (χ1v) is 7.79. The van der Waals surface area contributed by atoms with Crippen molar-refractivity contribution in [2.24, 2.45) is 5.92 Å². The van der Waals surface area contributed by atoms with E-state index in [0.717, 1.165) is 32.1 Å². The monoisotopic (exact) mass is 274 g/mol. The van der Waals surface area contributed by atoms with Crippen molar-refractivity contribution in [1.82, 2.24) is 0 Å². The molecule has 1 fully saturated rings. The Hall–Kier alpha value is -1.15. The Bertz CT molecular complexity index is 426. The van der Waals surface area contributed by atoms with Gasteiger partial charge in [0.15, 0.2) is 5.78 Å². The van der Waals surface area contributed by atoms with E-state index < -0.39 is 5.60 Å². The first kappa shape index (κ1) is 15.2. The minimum Gasteiger partial charge on any atom is -0.370 e. The highest BCUT2D eigenvalue weighted by Gasteiger charge is 2.40. The average molecular weight is 274 g/mol. The second-order valence-electron chi connectivity index (χ2n) is 6.16. The Morgan fingerprint density at radius 1 is 1.35 bits per heavy atom. The maximum Gasteiger partial charge on any atom is 0.164 e. The number of hydrogen-bond acceptors (Lipinski definition) is 2. The summed E-state index contributed by atoms with van der Waals surface area (Å²) in [6.45, 7) is 2.23. The van der Waals surface area contributed by atoms with Gasteiger partial charge in [-0.15, -0.1) is 0 Å². The molecule has 110 valence electrons. The molecule has 0 aliphatic heterocycles. The number of hydrogen-bond donors (Lipinski definition) is 0. The van der Waals surface area contributed by atoms with Crippen LogP contribution in [0.3, 0.4) is 0 Å². The van der Waals surface area contributed by atoms with Gasteiger partial charge in [-0.05, 0) is 43.6 Å². The molecule has 2 heteroatoms. The van der Waals surface area contributed by atoms with Crippen molar-refractivity contribution in [1.29, 1.82) is 0 Å². The van der Waals surface area contributed by atoms with Crippen LogP contribution in [0.1, 0.15) is 51.0 Å². The van der Waals surface area contributed by atoms with Crippen LogP contribution in [0.15, 0.2) is 30.3 Å². The number of methoxy groups -OCH3 is 1. The van der Waals surface area contributed by atoms with E-state index in [4.69, 9.17) is 4.74 Å². The molecule has 1 saturated carbocycles. The number of Topliss-reactive ketones (excluding diaryl/α,β-unsaturated/α-hetero) is 1. The predicted octanol–water partition coefficient (Wildman–Crippen LogP) is 4.17. The Labute approximate surface area is 122 Å². The first-order valence-electron chi connectivity index (χ1n) is 7.79. The number of ether oxygens (including phenoxy) is 1. The molecule has 2 unspecified atom stereocenters. The first-order chi connectivity index (χ1) is 9.66. The molecule has 2 rings (SSSR count).